The summed E-state index contributed by atoms with van der Waals surface area (Å²) < 4.78 is 33.3. The molecule has 0 bridgehead atoms. The molecule has 1 aliphatic heterocycles. The Bertz CT molecular complexity index is 1160. The summed E-state index contributed by atoms with van der Waals surface area (Å²) in [5, 5.41) is 0. The zero-order valence-electron chi connectivity index (χ0n) is 22.2. The maximum atomic E-state index is 12.0. The summed E-state index contributed by atoms with van der Waals surface area (Å²) in [5.41, 5.74) is 2.12. The number of carbonyl (C=O) groups is 4. The predicted molar refractivity (Wildman–Crippen MR) is 138 cm³/mol. The standard InChI is InChI=1S/C29H32O10/c1-18(30)34-17-25-26(35-19(2)31)27(36-20(3)32)28(37-21(4)33)29(39-25)38-24-15-13-23(14-16-24)12-8-11-22-9-6-5-7-10-22/h5-11,13-16,25-29H,12,17H2,1-4H3/b11-8+/t25-,26-,27+,28-,29-/m1/s1. The molecule has 1 fully saturated rings. The van der Waals surface area contributed by atoms with E-state index in [1.807, 2.05) is 54.6 Å². The maximum absolute atomic E-state index is 12.0. The highest BCUT2D eigenvalue weighted by molar-refractivity contribution is 5.68. The molecule has 0 radical (unpaired) electrons. The lowest BCUT2D eigenvalue weighted by Crippen LogP contribution is -2.63. The first-order chi connectivity index (χ1) is 18.6. The highest BCUT2D eigenvalue weighted by Crippen LogP contribution is 2.31. The molecule has 2 aromatic rings. The van der Waals surface area contributed by atoms with E-state index in [9.17, 15) is 19.2 Å². The number of benzene rings is 2. The second-order valence-corrected chi connectivity index (χ2v) is 8.85. The number of allylic oxidation sites excluding steroid dienone is 1. The van der Waals surface area contributed by atoms with E-state index in [1.54, 1.807) is 12.1 Å². The van der Waals surface area contributed by atoms with Crippen molar-refractivity contribution in [1.29, 1.82) is 0 Å². The van der Waals surface area contributed by atoms with E-state index >= 15 is 0 Å². The number of rotatable bonds is 10. The minimum absolute atomic E-state index is 0.329. The second-order valence-electron chi connectivity index (χ2n) is 8.85. The number of hydrogen-bond donors (Lipinski definition) is 0. The molecule has 5 atom stereocenters. The Hall–Kier alpha value is -4.18. The van der Waals surface area contributed by atoms with Gasteiger partial charge in [-0.15, -0.1) is 0 Å². The van der Waals surface area contributed by atoms with Crippen LogP contribution in [-0.2, 0) is 49.3 Å². The Balaban J connectivity index is 1.82. The van der Waals surface area contributed by atoms with Gasteiger partial charge < -0.3 is 28.4 Å². The average molecular weight is 541 g/mol. The Morgan fingerprint density at radius 2 is 1.33 bits per heavy atom. The summed E-state index contributed by atoms with van der Waals surface area (Å²) in [6, 6.07) is 17.1. The van der Waals surface area contributed by atoms with Gasteiger partial charge in [-0.1, -0.05) is 54.6 Å². The summed E-state index contributed by atoms with van der Waals surface area (Å²) in [6.07, 6.45) is -1.43. The van der Waals surface area contributed by atoms with Gasteiger partial charge in [-0.05, 0) is 29.7 Å². The van der Waals surface area contributed by atoms with E-state index < -0.39 is 54.6 Å². The van der Waals surface area contributed by atoms with Gasteiger partial charge in [-0.3, -0.25) is 19.2 Å². The van der Waals surface area contributed by atoms with Crippen molar-refractivity contribution in [3.8, 4) is 5.75 Å². The van der Waals surface area contributed by atoms with Gasteiger partial charge in [-0.25, -0.2) is 0 Å². The van der Waals surface area contributed by atoms with Gasteiger partial charge in [0.05, 0.1) is 0 Å². The Kier molecular flexibility index (Phi) is 10.6. The van der Waals surface area contributed by atoms with Crippen LogP contribution in [0.2, 0.25) is 0 Å². The minimum atomic E-state index is -1.29. The molecule has 2 aromatic carbocycles. The van der Waals surface area contributed by atoms with Crippen molar-refractivity contribution in [2.24, 2.45) is 0 Å². The van der Waals surface area contributed by atoms with Crippen molar-refractivity contribution in [2.45, 2.75) is 64.8 Å². The van der Waals surface area contributed by atoms with Crippen LogP contribution in [0.4, 0.5) is 0 Å². The molecule has 3 rings (SSSR count). The second kappa shape index (κ2) is 14.1. The molecule has 1 aliphatic rings. The largest absolute Gasteiger partial charge is 0.463 e. The van der Waals surface area contributed by atoms with Crippen molar-refractivity contribution in [3.05, 3.63) is 71.8 Å². The van der Waals surface area contributed by atoms with Gasteiger partial charge in [0, 0.05) is 27.7 Å². The fraction of sp³-hybridized carbons (Fsp3) is 0.379. The molecule has 0 amide bonds. The van der Waals surface area contributed by atoms with Crippen molar-refractivity contribution >= 4 is 30.0 Å². The van der Waals surface area contributed by atoms with Crippen molar-refractivity contribution in [3.63, 3.8) is 0 Å². The van der Waals surface area contributed by atoms with E-state index in [0.29, 0.717) is 12.2 Å². The molecule has 10 heteroatoms. The first kappa shape index (κ1) is 29.4. The molecule has 0 unspecified atom stereocenters. The van der Waals surface area contributed by atoms with Crippen molar-refractivity contribution < 1.29 is 47.6 Å². The maximum Gasteiger partial charge on any atom is 0.303 e. The zero-order valence-corrected chi connectivity index (χ0v) is 22.2. The molecular weight excluding hydrogens is 508 g/mol. The van der Waals surface area contributed by atoms with Crippen LogP contribution < -0.4 is 4.74 Å². The molecule has 0 aliphatic carbocycles. The molecule has 208 valence electrons. The summed E-state index contributed by atoms with van der Waals surface area (Å²) in [7, 11) is 0. The lowest BCUT2D eigenvalue weighted by molar-refractivity contribution is -0.288. The third-order valence-electron chi connectivity index (χ3n) is 5.59. The molecule has 10 nitrogen and oxygen atoms in total. The normalized spacial score (nSPS) is 22.5. The highest BCUT2D eigenvalue weighted by atomic mass is 16.7. The molecule has 39 heavy (non-hydrogen) atoms. The number of ether oxygens (including phenoxy) is 6. The zero-order chi connectivity index (χ0) is 28.4. The van der Waals surface area contributed by atoms with E-state index in [0.717, 1.165) is 25.0 Å². The number of carbonyl (C=O) groups excluding carboxylic acids is 4. The lowest BCUT2D eigenvalue weighted by atomic mass is 9.98. The molecular formula is C29H32O10. The number of hydrogen-bond acceptors (Lipinski definition) is 10. The SMILES string of the molecule is CC(=O)OC[C@H]1O[C@@H](Oc2ccc(C/C=C/c3ccccc3)cc2)[C@H](OC(C)=O)[C@@H](OC(C)=O)[C@@H]1OC(C)=O. The van der Waals surface area contributed by atoms with Gasteiger partial charge >= 0.3 is 23.9 Å². The Morgan fingerprint density at radius 3 is 1.92 bits per heavy atom. The quantitative estimate of drug-likeness (QED) is 0.327. The van der Waals surface area contributed by atoms with Gasteiger partial charge in [-0.2, -0.15) is 0 Å². The number of esters is 4. The van der Waals surface area contributed by atoms with Crippen LogP contribution in [0.1, 0.15) is 38.8 Å². The third-order valence-corrected chi connectivity index (χ3v) is 5.59. The van der Waals surface area contributed by atoms with Gasteiger partial charge in [0.25, 0.3) is 0 Å². The van der Waals surface area contributed by atoms with Crippen LogP contribution in [0, 0.1) is 0 Å². The topological polar surface area (TPSA) is 124 Å². The van der Waals surface area contributed by atoms with E-state index in [-0.39, 0.29) is 6.61 Å². The summed E-state index contributed by atoms with van der Waals surface area (Å²) in [5.74, 6) is -2.33. The van der Waals surface area contributed by atoms with Gasteiger partial charge in [0.2, 0.25) is 12.4 Å². The molecule has 0 saturated carbocycles. The van der Waals surface area contributed by atoms with E-state index in [2.05, 4.69) is 0 Å². The molecule has 1 heterocycles. The summed E-state index contributed by atoms with van der Waals surface area (Å²) in [6.45, 7) is 4.37. The summed E-state index contributed by atoms with van der Waals surface area (Å²) >= 11 is 0. The fourth-order valence-electron chi connectivity index (χ4n) is 4.02. The molecule has 0 aromatic heterocycles. The monoisotopic (exact) mass is 540 g/mol. The molecule has 0 spiro atoms. The summed E-state index contributed by atoms with van der Waals surface area (Å²) in [4.78, 5) is 47.2. The fourth-order valence-corrected chi connectivity index (χ4v) is 4.02. The Morgan fingerprint density at radius 1 is 0.744 bits per heavy atom. The van der Waals surface area contributed by atoms with Crippen LogP contribution in [0.15, 0.2) is 60.7 Å². The van der Waals surface area contributed by atoms with Gasteiger partial charge in [0.15, 0.2) is 12.2 Å². The van der Waals surface area contributed by atoms with Crippen LogP contribution in [-0.4, -0.2) is 61.2 Å². The van der Waals surface area contributed by atoms with Crippen molar-refractivity contribution in [2.75, 3.05) is 6.61 Å². The van der Waals surface area contributed by atoms with Crippen LogP contribution in [0.3, 0.4) is 0 Å². The van der Waals surface area contributed by atoms with Crippen LogP contribution >= 0.6 is 0 Å². The molecule has 1 saturated heterocycles. The minimum Gasteiger partial charge on any atom is -0.463 e. The van der Waals surface area contributed by atoms with Crippen molar-refractivity contribution in [1.82, 2.24) is 0 Å². The highest BCUT2D eigenvalue weighted by Gasteiger charge is 2.53. The van der Waals surface area contributed by atoms with E-state index in [4.69, 9.17) is 28.4 Å². The van der Waals surface area contributed by atoms with E-state index in [1.165, 1.54) is 13.8 Å². The molecule has 0 N–H and O–H groups in total. The smallest absolute Gasteiger partial charge is 0.303 e. The van der Waals surface area contributed by atoms with Crippen LogP contribution in [0.5, 0.6) is 5.75 Å². The third kappa shape index (κ3) is 9.26. The van der Waals surface area contributed by atoms with Crippen LogP contribution in [0.25, 0.3) is 6.08 Å². The average Bonchev–Trinajstić information content (AvgIpc) is 2.87. The lowest BCUT2D eigenvalue weighted by Gasteiger charge is -2.43. The first-order valence-electron chi connectivity index (χ1n) is 12.4. The predicted octanol–water partition coefficient (Wildman–Crippen LogP) is 3.40. The Labute approximate surface area is 226 Å². The van der Waals surface area contributed by atoms with Gasteiger partial charge in [0.1, 0.15) is 18.5 Å². The first-order valence-corrected chi connectivity index (χ1v) is 12.4.